The van der Waals surface area contributed by atoms with Crippen molar-refractivity contribution in [2.45, 2.75) is 13.8 Å². The summed E-state index contributed by atoms with van der Waals surface area (Å²) in [7, 11) is 4.25. The smallest absolute Gasteiger partial charge is 0.342 e. The SMILES string of the molecule is CCOC(=O)c1c(C)cc(OP)cc1OP. The van der Waals surface area contributed by atoms with E-state index in [1.54, 1.807) is 26.0 Å². The van der Waals surface area contributed by atoms with E-state index in [0.717, 1.165) is 5.56 Å². The number of hydrogen-bond donors (Lipinski definition) is 0. The van der Waals surface area contributed by atoms with Gasteiger partial charge in [-0.05, 0) is 25.5 Å². The Hall–Kier alpha value is -0.850. The van der Waals surface area contributed by atoms with Crippen LogP contribution in [0.5, 0.6) is 11.5 Å². The normalized spacial score (nSPS) is 9.75. The minimum atomic E-state index is -0.396. The third kappa shape index (κ3) is 2.84. The second kappa shape index (κ2) is 6.03. The van der Waals surface area contributed by atoms with Crippen molar-refractivity contribution in [2.75, 3.05) is 6.61 Å². The molecule has 0 saturated heterocycles. The van der Waals surface area contributed by atoms with Gasteiger partial charge in [0.05, 0.1) is 25.5 Å². The van der Waals surface area contributed by atoms with E-state index in [1.165, 1.54) is 0 Å². The largest absolute Gasteiger partial charge is 0.480 e. The van der Waals surface area contributed by atoms with Crippen LogP contribution >= 0.6 is 18.9 Å². The van der Waals surface area contributed by atoms with Crippen LogP contribution in [0.3, 0.4) is 0 Å². The summed E-state index contributed by atoms with van der Waals surface area (Å²) in [6.45, 7) is 3.89. The van der Waals surface area contributed by atoms with Gasteiger partial charge in [-0.15, -0.1) is 0 Å². The maximum atomic E-state index is 11.7. The zero-order valence-corrected chi connectivity index (χ0v) is 11.5. The first-order chi connectivity index (χ1) is 7.63. The molecule has 0 saturated carbocycles. The molecule has 0 radical (unpaired) electrons. The molecule has 0 fully saturated rings. The summed E-state index contributed by atoms with van der Waals surface area (Å²) >= 11 is 0. The molecule has 0 aliphatic rings. The summed E-state index contributed by atoms with van der Waals surface area (Å²) in [6.07, 6.45) is 0. The molecule has 0 amide bonds. The van der Waals surface area contributed by atoms with Gasteiger partial charge in [-0.1, -0.05) is 0 Å². The summed E-state index contributed by atoms with van der Waals surface area (Å²) in [4.78, 5) is 11.7. The second-order valence-corrected chi connectivity index (χ2v) is 3.54. The molecule has 1 aromatic rings. The minimum absolute atomic E-state index is 0.330. The van der Waals surface area contributed by atoms with Crippen LogP contribution in [0.2, 0.25) is 0 Å². The quantitative estimate of drug-likeness (QED) is 0.616. The van der Waals surface area contributed by atoms with Crippen LogP contribution in [0.15, 0.2) is 12.1 Å². The zero-order chi connectivity index (χ0) is 12.1. The van der Waals surface area contributed by atoms with Crippen LogP contribution < -0.4 is 9.05 Å². The highest BCUT2D eigenvalue weighted by Gasteiger charge is 2.17. The van der Waals surface area contributed by atoms with Gasteiger partial charge in [0.2, 0.25) is 0 Å². The molecule has 0 aromatic heterocycles. The first-order valence-corrected chi connectivity index (χ1v) is 5.63. The van der Waals surface area contributed by atoms with Crippen molar-refractivity contribution in [1.82, 2.24) is 0 Å². The van der Waals surface area contributed by atoms with E-state index in [9.17, 15) is 4.79 Å². The van der Waals surface area contributed by atoms with Gasteiger partial charge < -0.3 is 13.8 Å². The molecule has 6 heteroatoms. The molecule has 0 aliphatic heterocycles. The average Bonchev–Trinajstić information content (AvgIpc) is 2.27. The second-order valence-electron chi connectivity index (χ2n) is 3.07. The monoisotopic (exact) mass is 260 g/mol. The predicted octanol–water partition coefficient (Wildman–Crippen LogP) is 2.51. The van der Waals surface area contributed by atoms with Crippen molar-refractivity contribution >= 4 is 24.9 Å². The Morgan fingerprint density at radius 3 is 2.50 bits per heavy atom. The van der Waals surface area contributed by atoms with E-state index in [-0.39, 0.29) is 0 Å². The molecule has 0 heterocycles. The molecule has 0 bridgehead atoms. The van der Waals surface area contributed by atoms with Gasteiger partial charge in [0, 0.05) is 6.07 Å². The van der Waals surface area contributed by atoms with Crippen molar-refractivity contribution in [1.29, 1.82) is 0 Å². The molecule has 0 aliphatic carbocycles. The van der Waals surface area contributed by atoms with Gasteiger partial charge in [0.15, 0.2) is 0 Å². The van der Waals surface area contributed by atoms with Crippen molar-refractivity contribution in [3.63, 3.8) is 0 Å². The Labute approximate surface area is 99.2 Å². The van der Waals surface area contributed by atoms with Gasteiger partial charge in [0.25, 0.3) is 0 Å². The first-order valence-electron chi connectivity index (χ1n) is 4.69. The average molecular weight is 260 g/mol. The van der Waals surface area contributed by atoms with Gasteiger partial charge >= 0.3 is 5.97 Å². The van der Waals surface area contributed by atoms with Crippen LogP contribution in [-0.4, -0.2) is 12.6 Å². The first kappa shape index (κ1) is 13.2. The molecular weight excluding hydrogens is 246 g/mol. The third-order valence-electron chi connectivity index (χ3n) is 2.02. The van der Waals surface area contributed by atoms with Crippen molar-refractivity contribution in [3.8, 4) is 11.5 Å². The van der Waals surface area contributed by atoms with E-state index in [2.05, 4.69) is 18.9 Å². The number of carbonyl (C=O) groups excluding carboxylic acids is 1. The van der Waals surface area contributed by atoms with Gasteiger partial charge in [0.1, 0.15) is 17.1 Å². The maximum absolute atomic E-state index is 11.7. The molecule has 0 N–H and O–H groups in total. The molecule has 2 atom stereocenters. The Bertz CT molecular complexity index is 393. The molecular formula is C10H14O4P2. The van der Waals surface area contributed by atoms with Gasteiger partial charge in [-0.2, -0.15) is 0 Å². The fourth-order valence-electron chi connectivity index (χ4n) is 1.35. The van der Waals surface area contributed by atoms with Crippen LogP contribution in [-0.2, 0) is 4.74 Å². The molecule has 2 unspecified atom stereocenters. The lowest BCUT2D eigenvalue weighted by molar-refractivity contribution is 0.0523. The van der Waals surface area contributed by atoms with Gasteiger partial charge in [-0.25, -0.2) is 4.79 Å². The number of esters is 1. The van der Waals surface area contributed by atoms with Crippen molar-refractivity contribution in [2.24, 2.45) is 0 Å². The molecule has 4 nitrogen and oxygen atoms in total. The van der Waals surface area contributed by atoms with E-state index >= 15 is 0 Å². The summed E-state index contributed by atoms with van der Waals surface area (Å²) in [6, 6.07) is 3.37. The van der Waals surface area contributed by atoms with Gasteiger partial charge in [-0.3, -0.25) is 0 Å². The van der Waals surface area contributed by atoms with Crippen molar-refractivity contribution in [3.05, 3.63) is 23.3 Å². The highest BCUT2D eigenvalue weighted by molar-refractivity contribution is 7.10. The lowest BCUT2D eigenvalue weighted by Crippen LogP contribution is -2.08. The predicted molar refractivity (Wildman–Crippen MR) is 67.8 cm³/mol. The lowest BCUT2D eigenvalue weighted by Gasteiger charge is -2.12. The molecule has 0 spiro atoms. The Morgan fingerprint density at radius 2 is 2.00 bits per heavy atom. The molecule has 16 heavy (non-hydrogen) atoms. The number of hydrogen-bond acceptors (Lipinski definition) is 4. The number of carbonyl (C=O) groups is 1. The summed E-state index contributed by atoms with van der Waals surface area (Å²) in [5.41, 5.74) is 1.17. The molecule has 1 rings (SSSR count). The summed E-state index contributed by atoms with van der Waals surface area (Å²) in [5.74, 6) is 0.627. The van der Waals surface area contributed by atoms with Crippen LogP contribution in [0.25, 0.3) is 0 Å². The Morgan fingerprint density at radius 1 is 1.31 bits per heavy atom. The standard InChI is InChI=1S/C10H14O4P2/c1-3-12-10(11)9-6(2)4-7(13-15)5-8(9)14-16/h4-5H,3,15-16H2,1-2H3. The topological polar surface area (TPSA) is 44.8 Å². The van der Waals surface area contributed by atoms with Crippen molar-refractivity contribution < 1.29 is 18.6 Å². The summed E-state index contributed by atoms with van der Waals surface area (Å²) in [5, 5.41) is 0. The Kier molecular flexibility index (Phi) is 4.98. The van der Waals surface area contributed by atoms with Crippen LogP contribution in [0.1, 0.15) is 22.8 Å². The fraction of sp³-hybridized carbons (Fsp3) is 0.300. The van der Waals surface area contributed by atoms with Crippen LogP contribution in [0.4, 0.5) is 0 Å². The van der Waals surface area contributed by atoms with Crippen LogP contribution in [0, 0.1) is 6.92 Å². The maximum Gasteiger partial charge on any atom is 0.342 e. The highest BCUT2D eigenvalue weighted by atomic mass is 31.0. The fourth-order valence-corrected chi connectivity index (χ4v) is 1.67. The number of rotatable bonds is 4. The van der Waals surface area contributed by atoms with E-state index in [1.807, 2.05) is 0 Å². The minimum Gasteiger partial charge on any atom is -0.480 e. The van der Waals surface area contributed by atoms with E-state index in [4.69, 9.17) is 13.8 Å². The third-order valence-corrected chi connectivity index (χ3v) is 2.54. The number of aryl methyl sites for hydroxylation is 1. The zero-order valence-electron chi connectivity index (χ0n) is 9.15. The highest BCUT2D eigenvalue weighted by Crippen LogP contribution is 2.31. The molecule has 1 aromatic carbocycles. The molecule has 88 valence electrons. The number of benzene rings is 1. The Balaban J connectivity index is 3.21. The van der Waals surface area contributed by atoms with E-state index < -0.39 is 5.97 Å². The lowest BCUT2D eigenvalue weighted by atomic mass is 10.1. The summed E-state index contributed by atoms with van der Waals surface area (Å²) < 4.78 is 15.0. The number of ether oxygens (including phenoxy) is 1. The van der Waals surface area contributed by atoms with E-state index in [0.29, 0.717) is 23.7 Å².